The summed E-state index contributed by atoms with van der Waals surface area (Å²) in [7, 11) is 0. The van der Waals surface area contributed by atoms with Gasteiger partial charge in [-0.3, -0.25) is 9.59 Å². The molecule has 2 heterocycles. The molecule has 5 rings (SSSR count). The number of unbranched alkanes of at least 4 members (excludes halogenated alkanes) is 2. The number of amides is 2. The quantitative estimate of drug-likeness (QED) is 0.144. The Labute approximate surface area is 276 Å². The molecule has 1 aromatic heterocycles. The SMILES string of the molecule is CCCCN(CCCC)C(=O)c1cc(C)n(-c2ccc(NSCc3ccccc3)cc2C(=O)N2Cc3ccccc3C[C@H]2CO)n1. The molecule has 0 unspecified atom stereocenters. The van der Waals surface area contributed by atoms with Crippen LogP contribution in [0.4, 0.5) is 5.69 Å². The van der Waals surface area contributed by atoms with E-state index in [1.54, 1.807) is 21.5 Å². The summed E-state index contributed by atoms with van der Waals surface area (Å²) in [6, 6.07) is 25.5. The van der Waals surface area contributed by atoms with Gasteiger partial charge in [0.05, 0.1) is 23.9 Å². The summed E-state index contributed by atoms with van der Waals surface area (Å²) in [4.78, 5) is 31.8. The van der Waals surface area contributed by atoms with E-state index in [-0.39, 0.29) is 24.5 Å². The fourth-order valence-corrected chi connectivity index (χ4v) is 6.60. The number of anilines is 1. The summed E-state index contributed by atoms with van der Waals surface area (Å²) in [6.45, 7) is 7.84. The zero-order valence-electron chi connectivity index (χ0n) is 27.1. The number of aliphatic hydroxyl groups is 1. The van der Waals surface area contributed by atoms with Gasteiger partial charge >= 0.3 is 0 Å². The van der Waals surface area contributed by atoms with Gasteiger partial charge in [0, 0.05) is 36.8 Å². The van der Waals surface area contributed by atoms with E-state index in [1.165, 1.54) is 5.56 Å². The molecular formula is C37H45N5O3S. The predicted molar refractivity (Wildman–Crippen MR) is 186 cm³/mol. The van der Waals surface area contributed by atoms with Gasteiger partial charge in [-0.05, 0) is 79.1 Å². The average Bonchev–Trinajstić information content (AvgIpc) is 3.48. The van der Waals surface area contributed by atoms with Crippen molar-refractivity contribution in [2.45, 2.75) is 71.2 Å². The highest BCUT2D eigenvalue weighted by Crippen LogP contribution is 2.30. The van der Waals surface area contributed by atoms with Crippen LogP contribution in [0.25, 0.3) is 5.69 Å². The molecule has 0 bridgehead atoms. The number of fused-ring (bicyclic) bond motifs is 1. The van der Waals surface area contributed by atoms with E-state index < -0.39 is 0 Å². The Morgan fingerprint density at radius 3 is 2.35 bits per heavy atom. The third kappa shape index (κ3) is 7.82. The smallest absolute Gasteiger partial charge is 0.274 e. The van der Waals surface area contributed by atoms with Gasteiger partial charge in [-0.2, -0.15) is 5.10 Å². The Bertz CT molecular complexity index is 1610. The topological polar surface area (TPSA) is 90.7 Å². The highest BCUT2D eigenvalue weighted by Gasteiger charge is 2.32. The fraction of sp³-hybridized carbons (Fsp3) is 0.378. The zero-order chi connectivity index (χ0) is 32.5. The van der Waals surface area contributed by atoms with E-state index in [0.29, 0.717) is 43.0 Å². The van der Waals surface area contributed by atoms with E-state index >= 15 is 0 Å². The van der Waals surface area contributed by atoms with Gasteiger partial charge in [0.15, 0.2) is 5.69 Å². The molecule has 0 fully saturated rings. The van der Waals surface area contributed by atoms with Crippen molar-refractivity contribution in [2.24, 2.45) is 0 Å². The molecule has 0 saturated heterocycles. The molecule has 9 heteroatoms. The van der Waals surface area contributed by atoms with Crippen LogP contribution >= 0.6 is 11.9 Å². The molecule has 242 valence electrons. The number of aryl methyl sites for hydroxylation is 1. The molecule has 0 spiro atoms. The molecule has 1 atom stereocenters. The minimum atomic E-state index is -0.346. The first kappa shape index (κ1) is 33.3. The number of hydrogen-bond acceptors (Lipinski definition) is 6. The first-order valence-corrected chi connectivity index (χ1v) is 17.3. The number of rotatable bonds is 14. The maximum atomic E-state index is 14.5. The lowest BCUT2D eigenvalue weighted by atomic mass is 9.93. The van der Waals surface area contributed by atoms with Gasteiger partial charge in [0.25, 0.3) is 11.8 Å². The maximum absolute atomic E-state index is 14.5. The first-order chi connectivity index (χ1) is 22.4. The van der Waals surface area contributed by atoms with Crippen LogP contribution in [0.3, 0.4) is 0 Å². The molecule has 2 amide bonds. The number of aromatic nitrogens is 2. The van der Waals surface area contributed by atoms with Crippen LogP contribution in [0, 0.1) is 6.92 Å². The minimum Gasteiger partial charge on any atom is -0.394 e. The lowest BCUT2D eigenvalue weighted by Gasteiger charge is -2.36. The molecule has 1 aliphatic heterocycles. The van der Waals surface area contributed by atoms with E-state index in [1.807, 2.05) is 72.5 Å². The largest absolute Gasteiger partial charge is 0.394 e. The van der Waals surface area contributed by atoms with Crippen LogP contribution in [-0.4, -0.2) is 62.2 Å². The molecule has 1 aliphatic rings. The normalized spacial score (nSPS) is 14.2. The second kappa shape index (κ2) is 16.0. The standard InChI is InChI=1S/C37H45N5O3S/c1-4-6-19-40(20-7-5-2)37(45)34-21-27(3)42(38-34)35-18-17-31(39-46-26-28-13-9-8-10-14-28)23-33(35)36(44)41-24-30-16-12-11-15-29(30)22-32(41)25-43/h8-18,21,23,32,39,43H,4-7,19-20,22,24-26H2,1-3H3/t32-/m0/s1. The molecule has 3 aromatic carbocycles. The van der Waals surface area contributed by atoms with Gasteiger partial charge in [-0.15, -0.1) is 0 Å². The predicted octanol–water partition coefficient (Wildman–Crippen LogP) is 7.04. The highest BCUT2D eigenvalue weighted by molar-refractivity contribution is 7.99. The summed E-state index contributed by atoms with van der Waals surface area (Å²) < 4.78 is 5.12. The van der Waals surface area contributed by atoms with Crippen LogP contribution in [0.5, 0.6) is 0 Å². The van der Waals surface area contributed by atoms with Gasteiger partial charge in [-0.25, -0.2) is 4.68 Å². The molecular weight excluding hydrogens is 595 g/mol. The van der Waals surface area contributed by atoms with Crippen molar-refractivity contribution in [3.63, 3.8) is 0 Å². The van der Waals surface area contributed by atoms with E-state index in [9.17, 15) is 14.7 Å². The monoisotopic (exact) mass is 639 g/mol. The van der Waals surface area contributed by atoms with Gasteiger partial charge in [-0.1, -0.05) is 81.3 Å². The molecule has 4 aromatic rings. The number of nitrogens with zero attached hydrogens (tertiary/aromatic N) is 4. The lowest BCUT2D eigenvalue weighted by molar-refractivity contribution is 0.0544. The van der Waals surface area contributed by atoms with Gasteiger partial charge in [0.1, 0.15) is 0 Å². The van der Waals surface area contributed by atoms with Crippen LogP contribution in [0.1, 0.15) is 82.8 Å². The van der Waals surface area contributed by atoms with E-state index in [4.69, 9.17) is 5.10 Å². The molecule has 8 nitrogen and oxygen atoms in total. The third-order valence-electron chi connectivity index (χ3n) is 8.51. The minimum absolute atomic E-state index is 0.0831. The van der Waals surface area contributed by atoms with Gasteiger partial charge in [0.2, 0.25) is 0 Å². The number of nitrogens with one attached hydrogen (secondary N) is 1. The maximum Gasteiger partial charge on any atom is 0.274 e. The molecule has 0 saturated carbocycles. The van der Waals surface area contributed by atoms with Crippen molar-refractivity contribution in [3.8, 4) is 5.69 Å². The molecule has 46 heavy (non-hydrogen) atoms. The van der Waals surface area contributed by atoms with Crippen LogP contribution in [0.15, 0.2) is 78.9 Å². The Kier molecular flexibility index (Phi) is 11.5. The summed E-state index contributed by atoms with van der Waals surface area (Å²) in [5.41, 5.74) is 6.43. The van der Waals surface area contributed by atoms with Crippen molar-refractivity contribution in [3.05, 3.63) is 113 Å². The van der Waals surface area contributed by atoms with E-state index in [0.717, 1.165) is 53.9 Å². The molecule has 0 radical (unpaired) electrons. The van der Waals surface area contributed by atoms with Crippen LogP contribution < -0.4 is 4.72 Å². The molecule has 2 N–H and O–H groups in total. The number of hydrogen-bond donors (Lipinski definition) is 2. The van der Waals surface area contributed by atoms with Crippen molar-refractivity contribution < 1.29 is 14.7 Å². The van der Waals surface area contributed by atoms with Crippen molar-refractivity contribution in [1.82, 2.24) is 19.6 Å². The summed E-state index contributed by atoms with van der Waals surface area (Å²) in [5.74, 6) is 0.494. The Hall–Kier alpha value is -4.08. The van der Waals surface area contributed by atoms with E-state index in [2.05, 4.69) is 36.8 Å². The average molecular weight is 640 g/mol. The fourth-order valence-electron chi connectivity index (χ4n) is 5.87. The Morgan fingerprint density at radius 2 is 1.65 bits per heavy atom. The van der Waals surface area contributed by atoms with Gasteiger partial charge < -0.3 is 19.6 Å². The first-order valence-electron chi connectivity index (χ1n) is 16.3. The van der Waals surface area contributed by atoms with Crippen LogP contribution in [0.2, 0.25) is 0 Å². The highest BCUT2D eigenvalue weighted by atomic mass is 32.2. The number of carbonyl (C=O) groups is 2. The van der Waals surface area contributed by atoms with Crippen molar-refractivity contribution in [1.29, 1.82) is 0 Å². The number of benzene rings is 3. The second-order valence-electron chi connectivity index (χ2n) is 11.9. The zero-order valence-corrected chi connectivity index (χ0v) is 27.9. The Balaban J connectivity index is 1.48. The van der Waals surface area contributed by atoms with Crippen molar-refractivity contribution in [2.75, 3.05) is 24.4 Å². The second-order valence-corrected chi connectivity index (χ2v) is 12.7. The summed E-state index contributed by atoms with van der Waals surface area (Å²) >= 11 is 1.55. The van der Waals surface area contributed by atoms with Crippen LogP contribution in [-0.2, 0) is 18.7 Å². The third-order valence-corrected chi connectivity index (χ3v) is 9.37. The number of aliphatic hydroxyl groups excluding tert-OH is 1. The summed E-state index contributed by atoms with van der Waals surface area (Å²) in [5, 5.41) is 15.2. The Morgan fingerprint density at radius 1 is 0.957 bits per heavy atom. The van der Waals surface area contributed by atoms with Crippen molar-refractivity contribution >= 4 is 29.4 Å². The lowest BCUT2D eigenvalue weighted by Crippen LogP contribution is -2.46. The number of carbonyl (C=O) groups excluding carboxylic acids is 2. The molecule has 0 aliphatic carbocycles. The summed E-state index contributed by atoms with van der Waals surface area (Å²) in [6.07, 6.45) is 4.48.